The van der Waals surface area contributed by atoms with Crippen molar-refractivity contribution in [2.75, 3.05) is 6.26 Å². The van der Waals surface area contributed by atoms with E-state index in [4.69, 9.17) is 11.6 Å². The molecule has 0 spiro atoms. The van der Waals surface area contributed by atoms with Gasteiger partial charge < -0.3 is 14.2 Å². The number of nitrogens with zero attached hydrogens (tertiary/aromatic N) is 1. The first-order chi connectivity index (χ1) is 10.7. The van der Waals surface area contributed by atoms with Crippen LogP contribution >= 0.6 is 11.6 Å². The number of fused-ring (bicyclic) bond motifs is 1. The summed E-state index contributed by atoms with van der Waals surface area (Å²) in [6.07, 6.45) is 0.152. The average Bonchev–Trinajstić information content (AvgIpc) is 2.82. The van der Waals surface area contributed by atoms with Crippen LogP contribution in [-0.2, 0) is 17.6 Å². The molecule has 2 aromatic rings. The van der Waals surface area contributed by atoms with E-state index in [-0.39, 0.29) is 21.9 Å². The molecular weight excluding hydrogens is 351 g/mol. The first-order valence-electron chi connectivity index (χ1n) is 6.80. The van der Waals surface area contributed by atoms with Crippen LogP contribution < -0.4 is 0 Å². The Hall–Kier alpha value is -1.15. The summed E-state index contributed by atoms with van der Waals surface area (Å²) in [6.45, 7) is 0. The highest BCUT2D eigenvalue weighted by molar-refractivity contribution is 7.90. The van der Waals surface area contributed by atoms with E-state index < -0.39 is 35.4 Å². The summed E-state index contributed by atoms with van der Waals surface area (Å²) in [4.78, 5) is 0.118. The second-order valence-corrected chi connectivity index (χ2v) is 7.25. The molecule has 3 nitrogen and oxygen atoms in total. The standard InChI is InChI=1S/C15H13ClF3NO2S/c1-23(22)12-7-20(10-5-8(16)4-9(17)6-10)11-2-3-15(18,19)14(21)13(11)12/h4-7,14,21H,2-3H2,1H3/t14?,23-/m1/s1. The Bertz CT molecular complexity index is 743. The van der Waals surface area contributed by atoms with Crippen molar-refractivity contribution in [1.82, 2.24) is 4.57 Å². The molecule has 1 heterocycles. The topological polar surface area (TPSA) is 48.2 Å². The molecule has 0 amide bonds. The van der Waals surface area contributed by atoms with Gasteiger partial charge in [-0.05, 0) is 35.8 Å². The molecule has 1 aliphatic carbocycles. The van der Waals surface area contributed by atoms with Gasteiger partial charge in [-0.2, -0.15) is 0 Å². The van der Waals surface area contributed by atoms with Crippen molar-refractivity contribution in [1.29, 1.82) is 0 Å². The van der Waals surface area contributed by atoms with E-state index in [0.717, 1.165) is 6.07 Å². The van der Waals surface area contributed by atoms with Gasteiger partial charge in [-0.3, -0.25) is 0 Å². The summed E-state index contributed by atoms with van der Waals surface area (Å²) in [5, 5.41) is 10.1. The van der Waals surface area contributed by atoms with Gasteiger partial charge in [0, 0.05) is 22.8 Å². The van der Waals surface area contributed by atoms with Crippen molar-refractivity contribution in [3.8, 4) is 5.69 Å². The molecule has 0 saturated carbocycles. The minimum Gasteiger partial charge on any atom is -0.612 e. The Morgan fingerprint density at radius 3 is 2.70 bits per heavy atom. The molecule has 1 unspecified atom stereocenters. The molecule has 23 heavy (non-hydrogen) atoms. The second kappa shape index (κ2) is 5.73. The van der Waals surface area contributed by atoms with Crippen LogP contribution in [0.4, 0.5) is 13.2 Å². The molecule has 1 aromatic carbocycles. The van der Waals surface area contributed by atoms with E-state index in [1.165, 1.54) is 29.2 Å². The SMILES string of the molecule is C[S@@+]([O-])c1cn(-c2cc(F)cc(Cl)c2)c2c1C(O)C(F)(F)CC2. The number of alkyl halides is 2. The van der Waals surface area contributed by atoms with Gasteiger partial charge in [0.2, 0.25) is 0 Å². The van der Waals surface area contributed by atoms with E-state index in [1.54, 1.807) is 0 Å². The molecule has 1 aromatic heterocycles. The van der Waals surface area contributed by atoms with Crippen molar-refractivity contribution in [3.05, 3.63) is 46.5 Å². The van der Waals surface area contributed by atoms with Gasteiger partial charge in [0.25, 0.3) is 5.92 Å². The van der Waals surface area contributed by atoms with Gasteiger partial charge in [-0.25, -0.2) is 13.2 Å². The number of benzene rings is 1. The van der Waals surface area contributed by atoms with Crippen LogP contribution in [0.5, 0.6) is 0 Å². The van der Waals surface area contributed by atoms with E-state index in [2.05, 4.69) is 0 Å². The predicted octanol–water partition coefficient (Wildman–Crippen LogP) is 3.62. The summed E-state index contributed by atoms with van der Waals surface area (Å²) in [6, 6.07) is 3.81. The third kappa shape index (κ3) is 2.87. The zero-order valence-electron chi connectivity index (χ0n) is 12.0. The molecule has 3 rings (SSSR count). The molecule has 0 aliphatic heterocycles. The predicted molar refractivity (Wildman–Crippen MR) is 81.3 cm³/mol. The molecule has 0 fully saturated rings. The Morgan fingerprint density at radius 1 is 1.39 bits per heavy atom. The van der Waals surface area contributed by atoms with E-state index in [0.29, 0.717) is 11.4 Å². The number of hydrogen-bond acceptors (Lipinski definition) is 2. The number of halogens is 4. The Labute approximate surface area is 138 Å². The van der Waals surface area contributed by atoms with Crippen molar-refractivity contribution in [3.63, 3.8) is 0 Å². The van der Waals surface area contributed by atoms with Crippen LogP contribution in [0.15, 0.2) is 29.3 Å². The van der Waals surface area contributed by atoms with Crippen molar-refractivity contribution >= 4 is 22.8 Å². The maximum absolute atomic E-state index is 13.8. The highest BCUT2D eigenvalue weighted by Crippen LogP contribution is 2.45. The quantitative estimate of drug-likeness (QED) is 0.828. The second-order valence-electron chi connectivity index (χ2n) is 5.47. The van der Waals surface area contributed by atoms with Gasteiger partial charge >= 0.3 is 0 Å². The fourth-order valence-electron chi connectivity index (χ4n) is 2.86. The summed E-state index contributed by atoms with van der Waals surface area (Å²) >= 11 is 4.27. The molecule has 0 bridgehead atoms. The lowest BCUT2D eigenvalue weighted by atomic mass is 9.91. The first kappa shape index (κ1) is 16.7. The van der Waals surface area contributed by atoms with Gasteiger partial charge in [-0.1, -0.05) is 11.6 Å². The monoisotopic (exact) mass is 363 g/mol. The average molecular weight is 364 g/mol. The fraction of sp³-hybridized carbons (Fsp3) is 0.333. The third-order valence-electron chi connectivity index (χ3n) is 3.92. The maximum atomic E-state index is 13.8. The molecule has 2 atom stereocenters. The molecule has 1 aliphatic rings. The van der Waals surface area contributed by atoms with Crippen LogP contribution in [0.3, 0.4) is 0 Å². The highest BCUT2D eigenvalue weighted by Gasteiger charge is 2.47. The zero-order valence-corrected chi connectivity index (χ0v) is 13.6. The van der Waals surface area contributed by atoms with Crippen LogP contribution in [0, 0.1) is 5.82 Å². The Kier molecular flexibility index (Phi) is 4.16. The Balaban J connectivity index is 2.23. The van der Waals surface area contributed by atoms with E-state index in [1.807, 2.05) is 0 Å². The largest absolute Gasteiger partial charge is 0.612 e. The summed E-state index contributed by atoms with van der Waals surface area (Å²) in [7, 11) is 0. The number of aromatic nitrogens is 1. The fourth-order valence-corrected chi connectivity index (χ4v) is 3.86. The Morgan fingerprint density at radius 2 is 2.09 bits per heavy atom. The van der Waals surface area contributed by atoms with Crippen LogP contribution in [0.2, 0.25) is 5.02 Å². The lowest BCUT2D eigenvalue weighted by Gasteiger charge is -2.28. The summed E-state index contributed by atoms with van der Waals surface area (Å²) in [5.74, 6) is -3.86. The number of aliphatic hydroxyl groups is 1. The molecule has 8 heteroatoms. The molecule has 1 N–H and O–H groups in total. The van der Waals surface area contributed by atoms with Crippen LogP contribution in [0.25, 0.3) is 5.69 Å². The van der Waals surface area contributed by atoms with Gasteiger partial charge in [0.15, 0.2) is 4.90 Å². The summed E-state index contributed by atoms with van der Waals surface area (Å²) in [5.41, 5.74) is 0.693. The van der Waals surface area contributed by atoms with Gasteiger partial charge in [0.05, 0.1) is 11.8 Å². The number of rotatable bonds is 2. The first-order valence-corrected chi connectivity index (χ1v) is 8.74. The highest BCUT2D eigenvalue weighted by atomic mass is 35.5. The van der Waals surface area contributed by atoms with Crippen molar-refractivity contribution < 1.29 is 22.8 Å². The lowest BCUT2D eigenvalue weighted by Crippen LogP contribution is -2.32. The van der Waals surface area contributed by atoms with E-state index >= 15 is 0 Å². The van der Waals surface area contributed by atoms with Gasteiger partial charge in [0.1, 0.15) is 18.2 Å². The molecular formula is C15H13ClF3NO2S. The summed E-state index contributed by atoms with van der Waals surface area (Å²) < 4.78 is 54.6. The maximum Gasteiger partial charge on any atom is 0.278 e. The minimum absolute atomic E-state index is 0.0231. The minimum atomic E-state index is -3.28. The van der Waals surface area contributed by atoms with E-state index in [9.17, 15) is 22.8 Å². The lowest BCUT2D eigenvalue weighted by molar-refractivity contribution is -0.123. The van der Waals surface area contributed by atoms with Crippen LogP contribution in [-0.4, -0.2) is 26.4 Å². The van der Waals surface area contributed by atoms with Gasteiger partial charge in [-0.15, -0.1) is 0 Å². The normalized spacial score (nSPS) is 21.1. The number of hydrogen-bond donors (Lipinski definition) is 1. The van der Waals surface area contributed by atoms with Crippen molar-refractivity contribution in [2.24, 2.45) is 0 Å². The van der Waals surface area contributed by atoms with Crippen LogP contribution in [0.1, 0.15) is 23.8 Å². The third-order valence-corrected chi connectivity index (χ3v) is 5.08. The number of aliphatic hydroxyl groups excluding tert-OH is 1. The molecule has 124 valence electrons. The molecule has 0 saturated heterocycles. The zero-order chi connectivity index (χ0) is 16.9. The smallest absolute Gasteiger partial charge is 0.278 e. The molecule has 0 radical (unpaired) electrons. The van der Waals surface area contributed by atoms with Crippen molar-refractivity contribution in [2.45, 2.75) is 29.8 Å².